The number of hydrogen-bond donors (Lipinski definition) is 0. The van der Waals surface area contributed by atoms with Gasteiger partial charge in [-0.15, -0.1) is 4.52 Å². The van der Waals surface area contributed by atoms with Crippen molar-refractivity contribution in [3.63, 3.8) is 0 Å². The predicted octanol–water partition coefficient (Wildman–Crippen LogP) is 7.76. The van der Waals surface area contributed by atoms with Crippen molar-refractivity contribution in [3.8, 4) is 23.0 Å². The van der Waals surface area contributed by atoms with Gasteiger partial charge in [0.05, 0.1) is 0 Å². The smallest absolute Gasteiger partial charge is 0.432 e. The Balaban J connectivity index is 1.63. The van der Waals surface area contributed by atoms with Gasteiger partial charge >= 0.3 is 16.7 Å². The summed E-state index contributed by atoms with van der Waals surface area (Å²) in [6.07, 6.45) is 0. The zero-order chi connectivity index (χ0) is 21.1. The van der Waals surface area contributed by atoms with Crippen LogP contribution in [0.5, 0.6) is 23.0 Å². The van der Waals surface area contributed by atoms with Gasteiger partial charge in [0.25, 0.3) is 0 Å². The molecule has 0 aliphatic heterocycles. The fourth-order valence-corrected chi connectivity index (χ4v) is 5.05. The van der Waals surface area contributed by atoms with E-state index in [1.54, 1.807) is 0 Å². The average molecular weight is 449 g/mol. The predicted molar refractivity (Wildman–Crippen MR) is 126 cm³/mol. The highest BCUT2D eigenvalue weighted by Gasteiger charge is 2.18. The maximum Gasteiger partial charge on any atom is 0.441 e. The molecular weight excluding hydrogens is 428 g/mol. The van der Waals surface area contributed by atoms with Crippen LogP contribution in [-0.4, -0.2) is 0 Å². The van der Waals surface area contributed by atoms with Gasteiger partial charge in [-0.3, -0.25) is 0 Å². The first kappa shape index (κ1) is 21.0. The van der Waals surface area contributed by atoms with Crippen molar-refractivity contribution >= 4 is 16.7 Å². The first-order chi connectivity index (χ1) is 15.3. The van der Waals surface area contributed by atoms with Crippen LogP contribution in [0.25, 0.3) is 0 Å². The van der Waals surface area contributed by atoms with Crippen LogP contribution in [0.4, 0.5) is 0 Å². The summed E-state index contributed by atoms with van der Waals surface area (Å²) in [4.78, 5) is 0. The molecule has 0 unspecified atom stereocenters. The maximum atomic E-state index is 6.09. The second kappa shape index (κ2) is 11.2. The molecule has 4 aromatic carbocycles. The summed E-state index contributed by atoms with van der Waals surface area (Å²) >= 11 is 0. The minimum absolute atomic E-state index is 0.661. The molecule has 7 heteroatoms. The number of hydrogen-bond acceptors (Lipinski definition) is 5. The molecule has 0 N–H and O–H groups in total. The minimum Gasteiger partial charge on any atom is -0.432 e. The van der Waals surface area contributed by atoms with E-state index in [0.29, 0.717) is 23.0 Å². The van der Waals surface area contributed by atoms with Crippen molar-refractivity contribution in [1.29, 1.82) is 0 Å². The molecule has 156 valence electrons. The summed E-state index contributed by atoms with van der Waals surface area (Å²) in [5.41, 5.74) is 0. The average Bonchev–Trinajstić information content (AvgIpc) is 2.82. The summed E-state index contributed by atoms with van der Waals surface area (Å²) in [6, 6.07) is 37.9. The third-order valence-corrected chi connectivity index (χ3v) is 6.77. The van der Waals surface area contributed by atoms with Crippen molar-refractivity contribution in [1.82, 2.24) is 0 Å². The molecule has 0 radical (unpaired) electrons. The fraction of sp³-hybridized carbons (Fsp3) is 0. The van der Waals surface area contributed by atoms with E-state index in [1.807, 2.05) is 121 Å². The van der Waals surface area contributed by atoms with Crippen molar-refractivity contribution in [2.45, 2.75) is 0 Å². The van der Waals surface area contributed by atoms with Crippen molar-refractivity contribution in [3.05, 3.63) is 121 Å². The Morgan fingerprint density at radius 1 is 0.452 bits per heavy atom. The normalized spacial score (nSPS) is 10.5. The monoisotopic (exact) mass is 449 g/mol. The lowest BCUT2D eigenvalue weighted by molar-refractivity contribution is 0.482. The lowest BCUT2D eigenvalue weighted by Crippen LogP contribution is -1.95. The molecular formula is C24H21NO4P2. The third-order valence-electron chi connectivity index (χ3n) is 3.91. The number of nitrogens with zero attached hydrogens (tertiary/aromatic N) is 1. The van der Waals surface area contributed by atoms with Crippen molar-refractivity contribution < 1.29 is 18.1 Å². The Hall–Kier alpha value is -3.26. The van der Waals surface area contributed by atoms with E-state index in [2.05, 4.69) is 0 Å². The molecule has 0 aromatic heterocycles. The lowest BCUT2D eigenvalue weighted by atomic mass is 10.3. The summed E-state index contributed by atoms with van der Waals surface area (Å²) < 4.78 is 29.1. The van der Waals surface area contributed by atoms with Gasteiger partial charge in [0, 0.05) is 0 Å². The van der Waals surface area contributed by atoms with Crippen LogP contribution in [-0.2, 0) is 0 Å². The Labute approximate surface area is 183 Å². The molecule has 0 amide bonds. The Morgan fingerprint density at radius 2 is 0.774 bits per heavy atom. The molecule has 0 aliphatic rings. The van der Waals surface area contributed by atoms with Crippen LogP contribution in [0.3, 0.4) is 0 Å². The van der Waals surface area contributed by atoms with Crippen LogP contribution >= 0.6 is 16.7 Å². The molecule has 0 fully saturated rings. The third kappa shape index (κ3) is 6.89. The van der Waals surface area contributed by atoms with Gasteiger partial charge in [0.15, 0.2) is 0 Å². The quantitative estimate of drug-likeness (QED) is 0.245. The van der Waals surface area contributed by atoms with E-state index >= 15 is 0 Å². The fourth-order valence-electron chi connectivity index (χ4n) is 2.51. The van der Waals surface area contributed by atoms with E-state index < -0.39 is 16.7 Å². The molecule has 0 heterocycles. The van der Waals surface area contributed by atoms with Crippen LogP contribution in [0.1, 0.15) is 0 Å². The number of benzene rings is 4. The molecule has 0 bridgehead atoms. The topological polar surface area (TPSA) is 49.3 Å². The number of rotatable bonds is 9. The highest BCUT2D eigenvalue weighted by molar-refractivity contribution is 7.55. The zero-order valence-electron chi connectivity index (χ0n) is 16.6. The lowest BCUT2D eigenvalue weighted by Gasteiger charge is -2.17. The van der Waals surface area contributed by atoms with Gasteiger partial charge < -0.3 is 18.1 Å². The van der Waals surface area contributed by atoms with Crippen molar-refractivity contribution in [2.24, 2.45) is 4.52 Å². The van der Waals surface area contributed by atoms with E-state index in [1.165, 1.54) is 0 Å². The van der Waals surface area contributed by atoms with Gasteiger partial charge in [-0.25, -0.2) is 0 Å². The van der Waals surface area contributed by atoms with E-state index in [4.69, 9.17) is 22.6 Å². The highest BCUT2D eigenvalue weighted by Crippen LogP contribution is 2.49. The highest BCUT2D eigenvalue weighted by atomic mass is 31.2. The maximum absolute atomic E-state index is 6.09. The second-order valence-electron chi connectivity index (χ2n) is 6.24. The molecule has 31 heavy (non-hydrogen) atoms. The zero-order valence-corrected chi connectivity index (χ0v) is 18.5. The molecule has 0 aliphatic carbocycles. The molecule has 0 atom stereocenters. The summed E-state index contributed by atoms with van der Waals surface area (Å²) in [5, 5.41) is 0. The van der Waals surface area contributed by atoms with Crippen LogP contribution in [0.2, 0.25) is 0 Å². The largest absolute Gasteiger partial charge is 0.441 e. The standard InChI is InChI=1S/C24H21NO4P2/c1-5-13-21(14-6-1)26-30(27-22-15-7-2-8-16-22)25-31(28-23-17-9-3-10-18-23)29-24-19-11-4-12-20-24/h1-20,30H. The molecule has 0 saturated carbocycles. The first-order valence-electron chi connectivity index (χ1n) is 9.66. The van der Waals surface area contributed by atoms with Crippen molar-refractivity contribution in [2.75, 3.05) is 0 Å². The van der Waals surface area contributed by atoms with E-state index in [9.17, 15) is 0 Å². The molecule has 0 saturated heterocycles. The SMILES string of the molecule is c1ccc(OP(N=[PH](Oc2ccccc2)Oc2ccccc2)Oc2ccccc2)cc1. The summed E-state index contributed by atoms with van der Waals surface area (Å²) in [5.74, 6) is 2.67. The van der Waals surface area contributed by atoms with Gasteiger partial charge in [-0.1, -0.05) is 72.8 Å². The van der Waals surface area contributed by atoms with Crippen LogP contribution < -0.4 is 18.1 Å². The molecule has 5 nitrogen and oxygen atoms in total. The van der Waals surface area contributed by atoms with Gasteiger partial charge in [0.2, 0.25) is 0 Å². The van der Waals surface area contributed by atoms with Crippen LogP contribution in [0, 0.1) is 0 Å². The first-order valence-corrected chi connectivity index (χ1v) is 12.1. The van der Waals surface area contributed by atoms with Gasteiger partial charge in [-0.05, 0) is 48.5 Å². The number of para-hydroxylation sites is 4. The summed E-state index contributed by atoms with van der Waals surface area (Å²) in [7, 11) is -3.91. The van der Waals surface area contributed by atoms with Crippen LogP contribution in [0.15, 0.2) is 126 Å². The molecule has 4 rings (SSSR count). The second-order valence-corrected chi connectivity index (χ2v) is 8.82. The van der Waals surface area contributed by atoms with Gasteiger partial charge in [-0.2, -0.15) is 0 Å². The minimum atomic E-state index is -2.18. The Kier molecular flexibility index (Phi) is 7.60. The van der Waals surface area contributed by atoms with E-state index in [0.717, 1.165) is 0 Å². The Morgan fingerprint density at radius 3 is 1.13 bits per heavy atom. The Bertz CT molecular complexity index is 997. The molecule has 0 spiro atoms. The molecule has 4 aromatic rings. The van der Waals surface area contributed by atoms with E-state index in [-0.39, 0.29) is 0 Å². The summed E-state index contributed by atoms with van der Waals surface area (Å²) in [6.45, 7) is 0. The van der Waals surface area contributed by atoms with Gasteiger partial charge in [0.1, 0.15) is 23.0 Å².